The number of amides is 1. The molecule has 0 heterocycles. The Labute approximate surface area is 128 Å². The molecule has 0 radical (unpaired) electrons. The van der Waals surface area contributed by atoms with Gasteiger partial charge in [-0.15, -0.1) is 0 Å². The number of rotatable bonds is 3. The molecule has 0 unspecified atom stereocenters. The van der Waals surface area contributed by atoms with Crippen molar-refractivity contribution >= 4 is 27.5 Å². The monoisotopic (exact) mass is 334 g/mol. The maximum absolute atomic E-state index is 12.1. The van der Waals surface area contributed by atoms with E-state index < -0.39 is 0 Å². The van der Waals surface area contributed by atoms with Crippen molar-refractivity contribution in [2.45, 2.75) is 44.9 Å². The molecule has 4 heteroatoms. The van der Waals surface area contributed by atoms with Crippen LogP contribution in [0, 0.1) is 17.2 Å². The van der Waals surface area contributed by atoms with E-state index in [9.17, 15) is 4.79 Å². The van der Waals surface area contributed by atoms with Crippen LogP contribution < -0.4 is 5.32 Å². The van der Waals surface area contributed by atoms with E-state index in [0.717, 1.165) is 17.3 Å². The van der Waals surface area contributed by atoms with E-state index in [1.54, 1.807) is 12.1 Å². The third-order valence-electron chi connectivity index (χ3n) is 3.82. The Morgan fingerprint density at radius 2 is 2.00 bits per heavy atom. The number of carbonyl (C=O) groups is 1. The first kappa shape index (κ1) is 15.1. The van der Waals surface area contributed by atoms with Gasteiger partial charge in [0.1, 0.15) is 6.07 Å². The van der Waals surface area contributed by atoms with Crippen LogP contribution in [0.2, 0.25) is 0 Å². The van der Waals surface area contributed by atoms with Crippen LogP contribution in [0.4, 0.5) is 5.69 Å². The van der Waals surface area contributed by atoms with Gasteiger partial charge in [-0.3, -0.25) is 4.79 Å². The average molecular weight is 335 g/mol. The molecule has 0 spiro atoms. The molecule has 0 aliphatic heterocycles. The summed E-state index contributed by atoms with van der Waals surface area (Å²) in [4.78, 5) is 12.1. The molecule has 1 saturated carbocycles. The summed E-state index contributed by atoms with van der Waals surface area (Å²) in [5.41, 5.74) is 1.10. The first-order valence-corrected chi connectivity index (χ1v) is 7.98. The van der Waals surface area contributed by atoms with Gasteiger partial charge < -0.3 is 5.32 Å². The van der Waals surface area contributed by atoms with Crippen LogP contribution in [0.3, 0.4) is 0 Å². The lowest BCUT2D eigenvalue weighted by Crippen LogP contribution is -2.17. The van der Waals surface area contributed by atoms with Crippen molar-refractivity contribution in [3.8, 4) is 6.07 Å². The Kier molecular flexibility index (Phi) is 5.60. The number of hydrogen-bond donors (Lipinski definition) is 1. The largest absolute Gasteiger partial charge is 0.325 e. The highest BCUT2D eigenvalue weighted by Gasteiger charge is 2.16. The van der Waals surface area contributed by atoms with Crippen LogP contribution in [-0.2, 0) is 4.79 Å². The molecule has 1 amide bonds. The van der Waals surface area contributed by atoms with E-state index in [0.29, 0.717) is 23.6 Å². The zero-order valence-electron chi connectivity index (χ0n) is 11.5. The van der Waals surface area contributed by atoms with Gasteiger partial charge in [0.2, 0.25) is 5.91 Å². The topological polar surface area (TPSA) is 52.9 Å². The second-order valence-corrected chi connectivity index (χ2v) is 6.33. The van der Waals surface area contributed by atoms with Crippen LogP contribution in [-0.4, -0.2) is 5.91 Å². The van der Waals surface area contributed by atoms with Gasteiger partial charge in [-0.1, -0.05) is 41.6 Å². The molecule has 0 aromatic heterocycles. The molecule has 0 saturated heterocycles. The minimum absolute atomic E-state index is 0.0238. The Bertz CT molecular complexity index is 514. The predicted octanol–water partition coefficient (Wildman–Crippen LogP) is 4.62. The molecule has 2 rings (SSSR count). The summed E-state index contributed by atoms with van der Waals surface area (Å²) < 4.78 is 0.843. The van der Waals surface area contributed by atoms with Crippen molar-refractivity contribution in [1.82, 2.24) is 0 Å². The van der Waals surface area contributed by atoms with Gasteiger partial charge >= 0.3 is 0 Å². The fourth-order valence-electron chi connectivity index (χ4n) is 2.75. The van der Waals surface area contributed by atoms with Gasteiger partial charge in [0, 0.05) is 10.9 Å². The summed E-state index contributed by atoms with van der Waals surface area (Å²) in [6.07, 6.45) is 7.94. The number of carbonyl (C=O) groups excluding carboxylic acids is 1. The maximum atomic E-state index is 12.1. The molecule has 1 aliphatic carbocycles. The second-order valence-electron chi connectivity index (χ2n) is 5.41. The molecule has 0 atom stereocenters. The molecule has 0 bridgehead atoms. The highest BCUT2D eigenvalue weighted by Crippen LogP contribution is 2.26. The van der Waals surface area contributed by atoms with Crippen LogP contribution in [0.25, 0.3) is 0 Å². The molecular formula is C16H19BrN2O. The van der Waals surface area contributed by atoms with Gasteiger partial charge in [-0.2, -0.15) is 5.26 Å². The quantitative estimate of drug-likeness (QED) is 0.820. The van der Waals surface area contributed by atoms with Gasteiger partial charge in [0.05, 0.1) is 11.3 Å². The number of benzene rings is 1. The number of nitrogens with zero attached hydrogens (tertiary/aromatic N) is 1. The third kappa shape index (κ3) is 4.35. The number of hydrogen-bond acceptors (Lipinski definition) is 2. The van der Waals surface area contributed by atoms with Gasteiger partial charge in [-0.25, -0.2) is 0 Å². The highest BCUT2D eigenvalue weighted by molar-refractivity contribution is 9.10. The van der Waals surface area contributed by atoms with E-state index in [2.05, 4.69) is 27.3 Å². The van der Waals surface area contributed by atoms with Crippen LogP contribution in [0.15, 0.2) is 22.7 Å². The number of anilines is 1. The minimum Gasteiger partial charge on any atom is -0.325 e. The van der Waals surface area contributed by atoms with Gasteiger partial charge in [0.25, 0.3) is 0 Å². The number of nitriles is 1. The zero-order valence-corrected chi connectivity index (χ0v) is 13.1. The molecule has 1 fully saturated rings. The summed E-state index contributed by atoms with van der Waals surface area (Å²) in [6.45, 7) is 0. The zero-order chi connectivity index (χ0) is 14.4. The summed E-state index contributed by atoms with van der Waals surface area (Å²) in [7, 11) is 0. The van der Waals surface area contributed by atoms with Crippen molar-refractivity contribution in [2.75, 3.05) is 5.32 Å². The molecule has 1 aliphatic rings. The summed E-state index contributed by atoms with van der Waals surface area (Å²) in [5, 5.41) is 12.0. The van der Waals surface area contributed by atoms with Crippen molar-refractivity contribution in [1.29, 1.82) is 5.26 Å². The number of nitrogens with one attached hydrogen (secondary N) is 1. The smallest absolute Gasteiger partial charge is 0.224 e. The van der Waals surface area contributed by atoms with Crippen LogP contribution >= 0.6 is 15.9 Å². The Hall–Kier alpha value is -1.34. The fraction of sp³-hybridized carbons (Fsp3) is 0.500. The Morgan fingerprint density at radius 3 is 2.65 bits per heavy atom. The highest BCUT2D eigenvalue weighted by atomic mass is 79.9. The van der Waals surface area contributed by atoms with Crippen molar-refractivity contribution in [3.05, 3.63) is 28.2 Å². The SMILES string of the molecule is N#Cc1cc(Br)ccc1NC(=O)CC1CCCCCC1. The van der Waals surface area contributed by atoms with Crippen molar-refractivity contribution < 1.29 is 4.79 Å². The maximum Gasteiger partial charge on any atom is 0.224 e. The van der Waals surface area contributed by atoms with E-state index >= 15 is 0 Å². The standard InChI is InChI=1S/C16H19BrN2O/c17-14-7-8-15(13(10-14)11-18)19-16(20)9-12-5-3-1-2-4-6-12/h7-8,10,12H,1-6,9H2,(H,19,20). The van der Waals surface area contributed by atoms with E-state index in [4.69, 9.17) is 5.26 Å². The van der Waals surface area contributed by atoms with Gasteiger partial charge in [0.15, 0.2) is 0 Å². The fourth-order valence-corrected chi connectivity index (χ4v) is 3.11. The molecule has 1 aromatic rings. The lowest BCUT2D eigenvalue weighted by Gasteiger charge is -2.14. The van der Waals surface area contributed by atoms with Gasteiger partial charge in [-0.05, 0) is 37.0 Å². The van der Waals surface area contributed by atoms with E-state index in [1.807, 2.05) is 6.07 Å². The van der Waals surface area contributed by atoms with Crippen molar-refractivity contribution in [3.63, 3.8) is 0 Å². The molecular weight excluding hydrogens is 316 g/mol. The first-order chi connectivity index (χ1) is 9.69. The third-order valence-corrected chi connectivity index (χ3v) is 4.32. The van der Waals surface area contributed by atoms with E-state index in [-0.39, 0.29) is 5.91 Å². The minimum atomic E-state index is 0.0238. The second kappa shape index (κ2) is 7.44. The first-order valence-electron chi connectivity index (χ1n) is 7.18. The molecule has 20 heavy (non-hydrogen) atoms. The normalized spacial score (nSPS) is 16.2. The summed E-state index contributed by atoms with van der Waals surface area (Å²) in [6, 6.07) is 7.44. The summed E-state index contributed by atoms with van der Waals surface area (Å²) >= 11 is 3.33. The Morgan fingerprint density at radius 1 is 1.30 bits per heavy atom. The van der Waals surface area contributed by atoms with Crippen molar-refractivity contribution in [2.24, 2.45) is 5.92 Å². The lowest BCUT2D eigenvalue weighted by molar-refractivity contribution is -0.117. The molecule has 1 N–H and O–H groups in total. The Balaban J connectivity index is 1.95. The number of halogens is 1. The lowest BCUT2D eigenvalue weighted by atomic mass is 9.96. The molecule has 3 nitrogen and oxygen atoms in total. The van der Waals surface area contributed by atoms with Crippen LogP contribution in [0.1, 0.15) is 50.5 Å². The van der Waals surface area contributed by atoms with Crippen LogP contribution in [0.5, 0.6) is 0 Å². The average Bonchev–Trinajstić information content (AvgIpc) is 2.69. The molecule has 106 valence electrons. The van der Waals surface area contributed by atoms with E-state index in [1.165, 1.54) is 25.7 Å². The predicted molar refractivity (Wildman–Crippen MR) is 83.3 cm³/mol. The summed E-state index contributed by atoms with van der Waals surface area (Å²) in [5.74, 6) is 0.522. The molecule has 1 aromatic carbocycles.